The van der Waals surface area contributed by atoms with E-state index in [1.54, 1.807) is 0 Å². The maximum absolute atomic E-state index is 13.0. The number of rotatable bonds is 1. The number of benzene rings is 1. The number of nitrogen functional groups attached to an aromatic ring is 1. The van der Waals surface area contributed by atoms with E-state index in [-0.39, 0.29) is 5.33 Å². The lowest BCUT2D eigenvalue weighted by molar-refractivity contribution is -0.137. The Bertz CT molecular complexity index is 348. The van der Waals surface area contributed by atoms with Gasteiger partial charge in [-0.1, -0.05) is 15.9 Å². The molecule has 0 unspecified atom stereocenters. The Morgan fingerprint density at radius 1 is 1.29 bits per heavy atom. The zero-order valence-electron chi connectivity index (χ0n) is 6.83. The van der Waals surface area contributed by atoms with Crippen molar-refractivity contribution in [1.82, 2.24) is 0 Å². The van der Waals surface area contributed by atoms with Crippen LogP contribution < -0.4 is 5.73 Å². The van der Waals surface area contributed by atoms with Crippen molar-refractivity contribution in [3.05, 3.63) is 29.1 Å². The van der Waals surface area contributed by atoms with Crippen molar-refractivity contribution in [2.24, 2.45) is 0 Å². The fourth-order valence-corrected chi connectivity index (χ4v) is 1.65. The number of anilines is 1. The maximum Gasteiger partial charge on any atom is 0.418 e. The average Bonchev–Trinajstić information content (AvgIpc) is 2.06. The Morgan fingerprint density at radius 2 is 1.86 bits per heavy atom. The Balaban J connectivity index is 3.46. The highest BCUT2D eigenvalue weighted by atomic mass is 79.9. The fraction of sp³-hybridized carbons (Fsp3) is 0.250. The third-order valence-corrected chi connectivity index (χ3v) is 2.27. The van der Waals surface area contributed by atoms with Crippen LogP contribution in [0.25, 0.3) is 0 Å². The van der Waals surface area contributed by atoms with Gasteiger partial charge in [0.1, 0.15) is 5.82 Å². The molecule has 0 heterocycles. The number of alkyl halides is 4. The van der Waals surface area contributed by atoms with Crippen LogP contribution in [0, 0.1) is 5.82 Å². The molecule has 0 saturated heterocycles. The number of halogens is 5. The van der Waals surface area contributed by atoms with E-state index >= 15 is 0 Å². The van der Waals surface area contributed by atoms with Gasteiger partial charge in [0.25, 0.3) is 0 Å². The van der Waals surface area contributed by atoms with Gasteiger partial charge in [-0.25, -0.2) is 4.39 Å². The Morgan fingerprint density at radius 3 is 2.21 bits per heavy atom. The quantitative estimate of drug-likeness (QED) is 0.473. The first-order chi connectivity index (χ1) is 6.38. The van der Waals surface area contributed by atoms with Crippen molar-refractivity contribution in [3.63, 3.8) is 0 Å². The minimum Gasteiger partial charge on any atom is -0.398 e. The molecule has 78 valence electrons. The SMILES string of the molecule is Nc1ccc(F)c(CBr)c1C(F)(F)F. The zero-order valence-corrected chi connectivity index (χ0v) is 8.41. The highest BCUT2D eigenvalue weighted by molar-refractivity contribution is 9.08. The molecule has 0 aliphatic rings. The molecule has 1 nitrogen and oxygen atoms in total. The Kier molecular flexibility index (Phi) is 3.04. The monoisotopic (exact) mass is 271 g/mol. The average molecular weight is 272 g/mol. The van der Waals surface area contributed by atoms with E-state index in [1.165, 1.54) is 0 Å². The van der Waals surface area contributed by atoms with Crippen LogP contribution in [0.3, 0.4) is 0 Å². The minimum atomic E-state index is -4.63. The highest BCUT2D eigenvalue weighted by Gasteiger charge is 2.36. The largest absolute Gasteiger partial charge is 0.418 e. The van der Waals surface area contributed by atoms with Crippen LogP contribution in [0.1, 0.15) is 11.1 Å². The van der Waals surface area contributed by atoms with Crippen molar-refractivity contribution in [3.8, 4) is 0 Å². The molecule has 1 aromatic carbocycles. The lowest BCUT2D eigenvalue weighted by Crippen LogP contribution is -2.13. The van der Waals surface area contributed by atoms with Gasteiger partial charge < -0.3 is 5.73 Å². The topological polar surface area (TPSA) is 26.0 Å². The van der Waals surface area contributed by atoms with Crippen LogP contribution in [-0.2, 0) is 11.5 Å². The molecular weight excluding hydrogens is 266 g/mol. The molecular formula is C8H6BrF4N. The van der Waals surface area contributed by atoms with Crippen LogP contribution in [0.4, 0.5) is 23.2 Å². The molecule has 0 amide bonds. The van der Waals surface area contributed by atoms with Gasteiger partial charge in [-0.2, -0.15) is 13.2 Å². The van der Waals surface area contributed by atoms with Gasteiger partial charge in [0.2, 0.25) is 0 Å². The van der Waals surface area contributed by atoms with E-state index in [0.717, 1.165) is 12.1 Å². The van der Waals surface area contributed by atoms with Crippen LogP contribution in [0.2, 0.25) is 0 Å². The summed E-state index contributed by atoms with van der Waals surface area (Å²) in [4.78, 5) is 0. The fourth-order valence-electron chi connectivity index (χ4n) is 1.11. The first-order valence-corrected chi connectivity index (χ1v) is 4.70. The highest BCUT2D eigenvalue weighted by Crippen LogP contribution is 2.37. The lowest BCUT2D eigenvalue weighted by Gasteiger charge is -2.14. The summed E-state index contributed by atoms with van der Waals surface area (Å²) in [7, 11) is 0. The number of nitrogens with two attached hydrogens (primary N) is 1. The molecule has 0 atom stereocenters. The molecule has 0 saturated carbocycles. The van der Waals surface area contributed by atoms with Gasteiger partial charge in [-0.05, 0) is 12.1 Å². The van der Waals surface area contributed by atoms with Gasteiger partial charge in [0, 0.05) is 16.6 Å². The van der Waals surface area contributed by atoms with Gasteiger partial charge in [-0.3, -0.25) is 0 Å². The van der Waals surface area contributed by atoms with Crippen molar-refractivity contribution in [2.45, 2.75) is 11.5 Å². The van der Waals surface area contributed by atoms with E-state index in [1.807, 2.05) is 0 Å². The smallest absolute Gasteiger partial charge is 0.398 e. The van der Waals surface area contributed by atoms with Crippen molar-refractivity contribution >= 4 is 21.6 Å². The van der Waals surface area contributed by atoms with Gasteiger partial charge >= 0.3 is 6.18 Å². The van der Waals surface area contributed by atoms with Crippen LogP contribution in [-0.4, -0.2) is 0 Å². The van der Waals surface area contributed by atoms with Crippen LogP contribution in [0.5, 0.6) is 0 Å². The summed E-state index contributed by atoms with van der Waals surface area (Å²) in [6.45, 7) is 0. The lowest BCUT2D eigenvalue weighted by atomic mass is 10.1. The van der Waals surface area contributed by atoms with Crippen molar-refractivity contribution in [1.29, 1.82) is 0 Å². The second-order valence-electron chi connectivity index (χ2n) is 2.62. The molecule has 14 heavy (non-hydrogen) atoms. The van der Waals surface area contributed by atoms with Crippen LogP contribution >= 0.6 is 15.9 Å². The van der Waals surface area contributed by atoms with E-state index in [0.29, 0.717) is 0 Å². The molecule has 0 aliphatic heterocycles. The van der Waals surface area contributed by atoms with E-state index < -0.39 is 28.8 Å². The number of hydrogen-bond acceptors (Lipinski definition) is 1. The summed E-state index contributed by atoms with van der Waals surface area (Å²) >= 11 is 2.79. The minimum absolute atomic E-state index is 0.223. The molecule has 1 aromatic rings. The third kappa shape index (κ3) is 2.00. The standard InChI is InChI=1S/C8H6BrF4N/c9-3-4-5(10)1-2-6(14)7(4)8(11,12)13/h1-2H,3,14H2. The molecule has 2 N–H and O–H groups in total. The summed E-state index contributed by atoms with van der Waals surface area (Å²) in [6, 6.07) is 1.82. The Labute approximate surface area is 86.0 Å². The molecule has 0 aromatic heterocycles. The molecule has 0 aliphatic carbocycles. The summed E-state index contributed by atoms with van der Waals surface area (Å²) < 4.78 is 50.2. The van der Waals surface area contributed by atoms with Crippen LogP contribution in [0.15, 0.2) is 12.1 Å². The van der Waals surface area contributed by atoms with Gasteiger partial charge in [0.15, 0.2) is 0 Å². The second kappa shape index (κ2) is 3.76. The van der Waals surface area contributed by atoms with E-state index in [4.69, 9.17) is 5.73 Å². The first-order valence-electron chi connectivity index (χ1n) is 3.58. The van der Waals surface area contributed by atoms with Crippen molar-refractivity contribution < 1.29 is 17.6 Å². The summed E-state index contributed by atoms with van der Waals surface area (Å²) in [5.41, 5.74) is 3.12. The second-order valence-corrected chi connectivity index (χ2v) is 3.18. The molecule has 6 heteroatoms. The molecule has 0 spiro atoms. The molecule has 1 rings (SSSR count). The van der Waals surface area contributed by atoms with Gasteiger partial charge in [0.05, 0.1) is 5.56 Å². The summed E-state index contributed by atoms with van der Waals surface area (Å²) in [5.74, 6) is -0.914. The normalized spacial score (nSPS) is 11.8. The summed E-state index contributed by atoms with van der Waals surface area (Å²) in [6.07, 6.45) is -4.63. The van der Waals surface area contributed by atoms with E-state index in [9.17, 15) is 17.6 Å². The Hall–Kier alpha value is -0.780. The zero-order chi connectivity index (χ0) is 10.9. The predicted molar refractivity (Wildman–Crippen MR) is 48.4 cm³/mol. The van der Waals surface area contributed by atoms with E-state index in [2.05, 4.69) is 15.9 Å². The van der Waals surface area contributed by atoms with Crippen molar-refractivity contribution in [2.75, 3.05) is 5.73 Å². The first kappa shape index (κ1) is 11.3. The third-order valence-electron chi connectivity index (χ3n) is 1.71. The molecule has 0 radical (unpaired) electrons. The van der Waals surface area contributed by atoms with Gasteiger partial charge in [-0.15, -0.1) is 0 Å². The molecule has 0 bridgehead atoms. The predicted octanol–water partition coefficient (Wildman–Crippen LogP) is 3.32. The molecule has 0 fully saturated rings. The maximum atomic E-state index is 13.0. The summed E-state index contributed by atoms with van der Waals surface area (Å²) in [5, 5.41) is -0.223. The number of hydrogen-bond donors (Lipinski definition) is 1.